The summed E-state index contributed by atoms with van der Waals surface area (Å²) in [5, 5.41) is 10.3. The van der Waals surface area contributed by atoms with Gasteiger partial charge < -0.3 is 24.8 Å². The SMILES string of the molecule is COC(=O)CNC(=O)CC(CC(C)C)NC(=O)c1cc(-c2c(OC)cccc2OC)n(C2CCCCC2)n1. The molecule has 1 aromatic carbocycles. The Kier molecular flexibility index (Phi) is 10.6. The first-order valence-corrected chi connectivity index (χ1v) is 13.2. The van der Waals surface area contributed by atoms with Crippen molar-refractivity contribution in [1.82, 2.24) is 20.4 Å². The number of esters is 1. The Morgan fingerprint density at radius 1 is 1.05 bits per heavy atom. The number of benzene rings is 1. The van der Waals surface area contributed by atoms with Crippen molar-refractivity contribution in [2.24, 2.45) is 5.92 Å². The van der Waals surface area contributed by atoms with Crippen molar-refractivity contribution in [3.05, 3.63) is 30.0 Å². The summed E-state index contributed by atoms with van der Waals surface area (Å²) in [5.74, 6) is 0.272. The van der Waals surface area contributed by atoms with Crippen LogP contribution in [-0.4, -0.2) is 61.5 Å². The number of aromatic nitrogens is 2. The van der Waals surface area contributed by atoms with E-state index in [1.807, 2.05) is 36.7 Å². The van der Waals surface area contributed by atoms with Gasteiger partial charge in [0.25, 0.3) is 5.91 Å². The van der Waals surface area contributed by atoms with Crippen molar-refractivity contribution in [3.8, 4) is 22.8 Å². The summed E-state index contributed by atoms with van der Waals surface area (Å²) in [6, 6.07) is 7.09. The molecule has 1 atom stereocenters. The highest BCUT2D eigenvalue weighted by Crippen LogP contribution is 2.41. The zero-order chi connectivity index (χ0) is 27.7. The van der Waals surface area contributed by atoms with E-state index in [0.717, 1.165) is 36.9 Å². The number of hydrogen-bond acceptors (Lipinski definition) is 7. The van der Waals surface area contributed by atoms with Crippen molar-refractivity contribution >= 4 is 17.8 Å². The van der Waals surface area contributed by atoms with Gasteiger partial charge in [-0.25, -0.2) is 0 Å². The monoisotopic (exact) mass is 528 g/mol. The molecule has 10 nitrogen and oxygen atoms in total. The molecule has 3 rings (SSSR count). The zero-order valence-corrected chi connectivity index (χ0v) is 23.0. The van der Waals surface area contributed by atoms with Gasteiger partial charge in [-0.1, -0.05) is 39.2 Å². The second-order valence-electron chi connectivity index (χ2n) is 10.0. The highest BCUT2D eigenvalue weighted by molar-refractivity contribution is 5.94. The number of carbonyl (C=O) groups excluding carboxylic acids is 3. The molecule has 2 amide bonds. The Balaban J connectivity index is 1.91. The molecule has 1 saturated carbocycles. The Labute approximate surface area is 224 Å². The summed E-state index contributed by atoms with van der Waals surface area (Å²) in [6.07, 6.45) is 5.98. The average molecular weight is 529 g/mol. The minimum absolute atomic E-state index is 0.0391. The molecule has 1 aliphatic carbocycles. The molecule has 1 heterocycles. The van der Waals surface area contributed by atoms with Crippen molar-refractivity contribution in [3.63, 3.8) is 0 Å². The van der Waals surface area contributed by atoms with E-state index >= 15 is 0 Å². The lowest BCUT2D eigenvalue weighted by molar-refractivity contribution is -0.141. The molecule has 38 heavy (non-hydrogen) atoms. The maximum atomic E-state index is 13.5. The molecule has 0 bridgehead atoms. The Bertz CT molecular complexity index is 1080. The fraction of sp³-hybridized carbons (Fsp3) is 0.571. The van der Waals surface area contributed by atoms with E-state index in [1.165, 1.54) is 13.5 Å². The molecule has 10 heteroatoms. The molecule has 1 aliphatic rings. The van der Waals surface area contributed by atoms with Crippen LogP contribution in [0.25, 0.3) is 11.3 Å². The van der Waals surface area contributed by atoms with E-state index in [-0.39, 0.29) is 42.4 Å². The standard InChI is InChI=1S/C28H40N4O6/c1-18(2)14-19(15-25(33)29-17-26(34)38-5)30-28(35)21-16-22(32(31-21)20-10-7-6-8-11-20)27-23(36-3)12-9-13-24(27)37-4/h9,12-13,16,18-20H,6-8,10-11,14-15,17H2,1-5H3,(H,29,33)(H,30,35). The van der Waals surface area contributed by atoms with Gasteiger partial charge in [0.1, 0.15) is 18.0 Å². The van der Waals surface area contributed by atoms with Crippen molar-refractivity contribution < 1.29 is 28.6 Å². The molecule has 208 valence electrons. The average Bonchev–Trinajstić information content (AvgIpc) is 3.36. The molecule has 2 N–H and O–H groups in total. The number of ether oxygens (including phenoxy) is 3. The zero-order valence-electron chi connectivity index (χ0n) is 23.0. The second kappa shape index (κ2) is 13.8. The van der Waals surface area contributed by atoms with Gasteiger partial charge in [0, 0.05) is 12.5 Å². The Morgan fingerprint density at radius 2 is 1.71 bits per heavy atom. The molecule has 1 fully saturated rings. The number of hydrogen-bond donors (Lipinski definition) is 2. The molecule has 1 aromatic heterocycles. The largest absolute Gasteiger partial charge is 0.496 e. The summed E-state index contributed by atoms with van der Waals surface area (Å²) in [5.41, 5.74) is 1.77. The lowest BCUT2D eigenvalue weighted by atomic mass is 9.95. The minimum Gasteiger partial charge on any atom is -0.496 e. The number of rotatable bonds is 12. The number of methoxy groups -OCH3 is 3. The van der Waals surface area contributed by atoms with Gasteiger partial charge in [0.2, 0.25) is 5.91 Å². The Hall–Kier alpha value is -3.56. The first-order chi connectivity index (χ1) is 18.3. The van der Waals surface area contributed by atoms with Crippen LogP contribution in [0.2, 0.25) is 0 Å². The number of nitrogens with one attached hydrogen (secondary N) is 2. The summed E-state index contributed by atoms with van der Waals surface area (Å²) < 4.78 is 17.8. The van der Waals surface area contributed by atoms with Crippen LogP contribution in [0.1, 0.15) is 75.3 Å². The van der Waals surface area contributed by atoms with E-state index in [2.05, 4.69) is 15.4 Å². The lowest BCUT2D eigenvalue weighted by Gasteiger charge is -2.25. The molecule has 0 aliphatic heterocycles. The van der Waals surface area contributed by atoms with Gasteiger partial charge in [-0.05, 0) is 43.4 Å². The van der Waals surface area contributed by atoms with Crippen LogP contribution in [0.4, 0.5) is 0 Å². The van der Waals surface area contributed by atoms with Gasteiger partial charge >= 0.3 is 5.97 Å². The normalized spacial score (nSPS) is 14.6. The molecule has 0 radical (unpaired) electrons. The molecular formula is C28H40N4O6. The molecule has 0 saturated heterocycles. The molecule has 1 unspecified atom stereocenters. The minimum atomic E-state index is -0.532. The maximum Gasteiger partial charge on any atom is 0.325 e. The quantitative estimate of drug-likeness (QED) is 0.401. The van der Waals surface area contributed by atoms with Crippen LogP contribution in [0.3, 0.4) is 0 Å². The van der Waals surface area contributed by atoms with E-state index in [9.17, 15) is 14.4 Å². The third kappa shape index (κ3) is 7.49. The van der Waals surface area contributed by atoms with Crippen LogP contribution in [0.15, 0.2) is 24.3 Å². The van der Waals surface area contributed by atoms with Crippen molar-refractivity contribution in [1.29, 1.82) is 0 Å². The summed E-state index contributed by atoms with van der Waals surface area (Å²) in [7, 11) is 4.47. The number of amides is 2. The van der Waals surface area contributed by atoms with Crippen LogP contribution >= 0.6 is 0 Å². The topological polar surface area (TPSA) is 121 Å². The highest BCUT2D eigenvalue weighted by atomic mass is 16.5. The first-order valence-electron chi connectivity index (χ1n) is 13.2. The predicted molar refractivity (Wildman–Crippen MR) is 143 cm³/mol. The van der Waals surface area contributed by atoms with Crippen LogP contribution in [0, 0.1) is 5.92 Å². The molecule has 0 spiro atoms. The van der Waals surface area contributed by atoms with Crippen LogP contribution < -0.4 is 20.1 Å². The van der Waals surface area contributed by atoms with Gasteiger partial charge in [-0.15, -0.1) is 0 Å². The van der Waals surface area contributed by atoms with Crippen molar-refractivity contribution in [2.75, 3.05) is 27.9 Å². The molecular weight excluding hydrogens is 488 g/mol. The summed E-state index contributed by atoms with van der Waals surface area (Å²) in [4.78, 5) is 37.3. The van der Waals surface area contributed by atoms with Crippen LogP contribution in [0.5, 0.6) is 11.5 Å². The van der Waals surface area contributed by atoms with Gasteiger partial charge in [-0.2, -0.15) is 5.10 Å². The number of nitrogens with zero attached hydrogens (tertiary/aromatic N) is 2. The smallest absolute Gasteiger partial charge is 0.325 e. The first kappa shape index (κ1) is 29.0. The highest BCUT2D eigenvalue weighted by Gasteiger charge is 2.27. The second-order valence-corrected chi connectivity index (χ2v) is 10.0. The van der Waals surface area contributed by atoms with E-state index in [1.54, 1.807) is 20.3 Å². The van der Waals surface area contributed by atoms with E-state index in [4.69, 9.17) is 14.6 Å². The van der Waals surface area contributed by atoms with Gasteiger partial charge in [-0.3, -0.25) is 19.1 Å². The van der Waals surface area contributed by atoms with E-state index < -0.39 is 12.0 Å². The van der Waals surface area contributed by atoms with E-state index in [0.29, 0.717) is 17.9 Å². The van der Waals surface area contributed by atoms with Gasteiger partial charge in [0.05, 0.1) is 38.6 Å². The Morgan fingerprint density at radius 3 is 2.29 bits per heavy atom. The summed E-state index contributed by atoms with van der Waals surface area (Å²) in [6.45, 7) is 3.83. The third-order valence-electron chi connectivity index (χ3n) is 6.75. The van der Waals surface area contributed by atoms with Gasteiger partial charge in [0.15, 0.2) is 5.69 Å². The fourth-order valence-corrected chi connectivity index (χ4v) is 4.96. The molecule has 2 aromatic rings. The lowest BCUT2D eigenvalue weighted by Crippen LogP contribution is -2.41. The van der Waals surface area contributed by atoms with Crippen molar-refractivity contribution in [2.45, 2.75) is 70.9 Å². The maximum absolute atomic E-state index is 13.5. The third-order valence-corrected chi connectivity index (χ3v) is 6.75. The summed E-state index contributed by atoms with van der Waals surface area (Å²) >= 11 is 0. The predicted octanol–water partition coefficient (Wildman–Crippen LogP) is 3.90. The number of carbonyl (C=O) groups is 3. The fourth-order valence-electron chi connectivity index (χ4n) is 4.96. The van der Waals surface area contributed by atoms with Crippen LogP contribution in [-0.2, 0) is 14.3 Å².